The van der Waals surface area contributed by atoms with Gasteiger partial charge in [0.05, 0.1) is 12.1 Å². The Bertz CT molecular complexity index is 895. The second kappa shape index (κ2) is 5.06. The molecule has 0 radical (unpaired) electrons. The lowest BCUT2D eigenvalue weighted by Gasteiger charge is -2.07. The maximum Gasteiger partial charge on any atom is 0.342 e. The normalized spacial score (nSPS) is 10.5. The van der Waals surface area contributed by atoms with Crippen LogP contribution < -0.4 is 0 Å². The van der Waals surface area contributed by atoms with Gasteiger partial charge in [-0.25, -0.2) is 4.79 Å². The molecule has 0 aliphatic heterocycles. The highest BCUT2D eigenvalue weighted by atomic mass is 16.5. The number of rotatable bonds is 3. The molecule has 0 fully saturated rings. The fourth-order valence-electron chi connectivity index (χ4n) is 2.09. The van der Waals surface area contributed by atoms with Crippen molar-refractivity contribution in [3.63, 3.8) is 0 Å². The number of pyridine rings is 1. The molecular formula is C12H9N7O2. The van der Waals surface area contributed by atoms with Gasteiger partial charge in [-0.2, -0.15) is 4.52 Å². The van der Waals surface area contributed by atoms with Gasteiger partial charge in [0.1, 0.15) is 5.56 Å². The van der Waals surface area contributed by atoms with Crippen LogP contribution in [0.3, 0.4) is 0 Å². The smallest absolute Gasteiger partial charge is 0.342 e. The Hall–Kier alpha value is -3.19. The number of fused-ring (bicyclic) bond motifs is 3. The van der Waals surface area contributed by atoms with E-state index in [0.29, 0.717) is 22.2 Å². The quantitative estimate of drug-likeness (QED) is 0.316. The standard InChI is InChI=1S/C12H9N7O2/c1-2-21-12(20)8-6-7-9(14-16-13)4-3-5-10(7)19-11(8)15-17-18-19/h3-6H,2H2,1H3. The van der Waals surface area contributed by atoms with Crippen molar-refractivity contribution in [3.8, 4) is 0 Å². The lowest BCUT2D eigenvalue weighted by atomic mass is 10.1. The molecule has 3 rings (SSSR count). The fraction of sp³-hybridized carbons (Fsp3) is 0.167. The SMILES string of the molecule is CCOC(=O)c1cc2c(N=[N+]=[N-])cccc2n2nnnc12. The number of azide groups is 1. The van der Waals surface area contributed by atoms with Gasteiger partial charge in [-0.15, -0.1) is 5.10 Å². The van der Waals surface area contributed by atoms with Gasteiger partial charge in [-0.1, -0.05) is 17.2 Å². The molecule has 2 heterocycles. The number of nitrogens with zero attached hydrogens (tertiary/aromatic N) is 7. The minimum absolute atomic E-state index is 0.218. The fourth-order valence-corrected chi connectivity index (χ4v) is 2.09. The molecule has 2 aromatic heterocycles. The third kappa shape index (κ3) is 2.01. The molecule has 0 saturated carbocycles. The van der Waals surface area contributed by atoms with Crippen molar-refractivity contribution in [2.75, 3.05) is 6.61 Å². The van der Waals surface area contributed by atoms with Crippen molar-refractivity contribution in [3.05, 3.63) is 40.3 Å². The van der Waals surface area contributed by atoms with Crippen LogP contribution in [0.5, 0.6) is 0 Å². The van der Waals surface area contributed by atoms with Gasteiger partial charge >= 0.3 is 5.97 Å². The Morgan fingerprint density at radius 3 is 3.14 bits per heavy atom. The van der Waals surface area contributed by atoms with E-state index >= 15 is 0 Å². The van der Waals surface area contributed by atoms with Crippen LogP contribution in [-0.4, -0.2) is 32.6 Å². The van der Waals surface area contributed by atoms with Crippen LogP contribution in [-0.2, 0) is 4.74 Å². The Morgan fingerprint density at radius 1 is 1.52 bits per heavy atom. The van der Waals surface area contributed by atoms with Crippen LogP contribution >= 0.6 is 0 Å². The summed E-state index contributed by atoms with van der Waals surface area (Å²) in [6, 6.07) is 6.71. The van der Waals surface area contributed by atoms with E-state index in [2.05, 4.69) is 25.6 Å². The highest BCUT2D eigenvalue weighted by molar-refractivity contribution is 6.02. The third-order valence-corrected chi connectivity index (χ3v) is 2.94. The van der Waals surface area contributed by atoms with Crippen molar-refractivity contribution in [2.45, 2.75) is 6.92 Å². The van der Waals surface area contributed by atoms with Crippen molar-refractivity contribution in [1.82, 2.24) is 20.0 Å². The number of hydrogen-bond acceptors (Lipinski definition) is 6. The minimum atomic E-state index is -0.532. The summed E-state index contributed by atoms with van der Waals surface area (Å²) in [6.45, 7) is 1.95. The number of ether oxygens (including phenoxy) is 1. The molecule has 21 heavy (non-hydrogen) atoms. The average Bonchev–Trinajstić information content (AvgIpc) is 2.97. The summed E-state index contributed by atoms with van der Waals surface area (Å²) in [7, 11) is 0. The zero-order chi connectivity index (χ0) is 14.8. The molecule has 1 aromatic carbocycles. The van der Waals surface area contributed by atoms with E-state index in [-0.39, 0.29) is 12.2 Å². The van der Waals surface area contributed by atoms with E-state index in [1.807, 2.05) is 0 Å². The number of benzene rings is 1. The van der Waals surface area contributed by atoms with E-state index in [0.717, 1.165) is 0 Å². The highest BCUT2D eigenvalue weighted by Crippen LogP contribution is 2.28. The summed E-state index contributed by atoms with van der Waals surface area (Å²) in [5.74, 6) is -0.532. The van der Waals surface area contributed by atoms with Crippen LogP contribution in [0.25, 0.3) is 27.0 Å². The summed E-state index contributed by atoms with van der Waals surface area (Å²) in [6.07, 6.45) is 0. The van der Waals surface area contributed by atoms with Crippen LogP contribution in [0.1, 0.15) is 17.3 Å². The Labute approximate surface area is 117 Å². The largest absolute Gasteiger partial charge is 0.462 e. The molecule has 0 N–H and O–H groups in total. The molecule has 0 aliphatic rings. The molecule has 9 heteroatoms. The van der Waals surface area contributed by atoms with Gasteiger partial charge in [-0.3, -0.25) is 0 Å². The van der Waals surface area contributed by atoms with Crippen molar-refractivity contribution in [1.29, 1.82) is 0 Å². The molecule has 0 atom stereocenters. The van der Waals surface area contributed by atoms with Crippen molar-refractivity contribution in [2.24, 2.45) is 5.11 Å². The average molecular weight is 283 g/mol. The van der Waals surface area contributed by atoms with E-state index in [4.69, 9.17) is 10.3 Å². The van der Waals surface area contributed by atoms with Gasteiger partial charge in [0.15, 0.2) is 5.65 Å². The van der Waals surface area contributed by atoms with Gasteiger partial charge in [0, 0.05) is 16.0 Å². The van der Waals surface area contributed by atoms with Crippen LogP contribution in [0.15, 0.2) is 29.4 Å². The molecule has 0 unspecified atom stereocenters. The summed E-state index contributed by atoms with van der Waals surface area (Å²) in [4.78, 5) is 14.8. The lowest BCUT2D eigenvalue weighted by molar-refractivity contribution is 0.0528. The molecule has 0 saturated heterocycles. The van der Waals surface area contributed by atoms with Crippen LogP contribution in [0, 0.1) is 0 Å². The zero-order valence-electron chi connectivity index (χ0n) is 11.0. The van der Waals surface area contributed by atoms with Crippen molar-refractivity contribution >= 4 is 28.2 Å². The number of carbonyl (C=O) groups is 1. The van der Waals surface area contributed by atoms with Gasteiger partial charge in [0.2, 0.25) is 0 Å². The van der Waals surface area contributed by atoms with Gasteiger partial charge in [0.25, 0.3) is 0 Å². The van der Waals surface area contributed by atoms with Gasteiger partial charge in [-0.05, 0) is 35.0 Å². The maximum atomic E-state index is 12.0. The Morgan fingerprint density at radius 2 is 2.38 bits per heavy atom. The molecule has 3 aromatic rings. The summed E-state index contributed by atoms with van der Waals surface area (Å²) in [5.41, 5.74) is 10.2. The first-order chi connectivity index (χ1) is 10.3. The monoisotopic (exact) mass is 283 g/mol. The number of hydrogen-bond donors (Lipinski definition) is 0. The van der Waals surface area contributed by atoms with E-state index in [9.17, 15) is 4.79 Å². The molecule has 0 aliphatic carbocycles. The van der Waals surface area contributed by atoms with E-state index < -0.39 is 5.97 Å². The number of tetrazole rings is 1. The first-order valence-corrected chi connectivity index (χ1v) is 6.12. The Balaban J connectivity index is 2.41. The maximum absolute atomic E-state index is 12.0. The molecule has 104 valence electrons. The zero-order valence-corrected chi connectivity index (χ0v) is 11.0. The third-order valence-electron chi connectivity index (χ3n) is 2.94. The van der Waals surface area contributed by atoms with E-state index in [1.165, 1.54) is 4.52 Å². The molecule has 0 amide bonds. The Kier molecular flexibility index (Phi) is 3.09. The minimum Gasteiger partial charge on any atom is -0.462 e. The summed E-state index contributed by atoms with van der Waals surface area (Å²) >= 11 is 0. The first-order valence-electron chi connectivity index (χ1n) is 6.12. The van der Waals surface area contributed by atoms with Gasteiger partial charge < -0.3 is 4.74 Å². The van der Waals surface area contributed by atoms with Crippen molar-refractivity contribution < 1.29 is 9.53 Å². The second-order valence-electron chi connectivity index (χ2n) is 4.09. The predicted molar refractivity (Wildman–Crippen MR) is 73.1 cm³/mol. The van der Waals surface area contributed by atoms with E-state index in [1.54, 1.807) is 31.2 Å². The second-order valence-corrected chi connectivity index (χ2v) is 4.09. The predicted octanol–water partition coefficient (Wildman–Crippen LogP) is 2.40. The lowest BCUT2D eigenvalue weighted by Crippen LogP contribution is -2.08. The number of aromatic nitrogens is 4. The van der Waals surface area contributed by atoms with Crippen LogP contribution in [0.2, 0.25) is 0 Å². The molecule has 0 bridgehead atoms. The molecular weight excluding hydrogens is 274 g/mol. The molecule has 0 spiro atoms. The van der Waals surface area contributed by atoms with Crippen LogP contribution in [0.4, 0.5) is 5.69 Å². The molecule has 9 nitrogen and oxygen atoms in total. The summed E-state index contributed by atoms with van der Waals surface area (Å²) < 4.78 is 6.42. The summed E-state index contributed by atoms with van der Waals surface area (Å²) in [5, 5.41) is 15.5. The topological polar surface area (TPSA) is 118 Å². The number of carbonyl (C=O) groups excluding carboxylic acids is 1. The number of esters is 1. The first kappa shape index (κ1) is 12.8. The highest BCUT2D eigenvalue weighted by Gasteiger charge is 2.18.